The van der Waals surface area contributed by atoms with Crippen molar-refractivity contribution in [3.63, 3.8) is 0 Å². The highest BCUT2D eigenvalue weighted by molar-refractivity contribution is 5.77. The fraction of sp³-hybridized carbons (Fsp3) is 0.667. The molecule has 0 bridgehead atoms. The number of ether oxygens (including phenoxy) is 1. The summed E-state index contributed by atoms with van der Waals surface area (Å²) in [6.07, 6.45) is 6.02. The normalized spacial score (nSPS) is 9.08. The summed E-state index contributed by atoms with van der Waals surface area (Å²) >= 11 is 0. The lowest BCUT2D eigenvalue weighted by atomic mass is 10.4. The van der Waals surface area contributed by atoms with Crippen molar-refractivity contribution in [3.05, 3.63) is 0 Å². The Kier molecular flexibility index (Phi) is 6.12. The number of carbonyl (C=O) groups excluding carboxylic acids is 1. The van der Waals surface area contributed by atoms with Gasteiger partial charge in [0, 0.05) is 13.7 Å². The third-order valence-corrected chi connectivity index (χ3v) is 1.40. The predicted octanol–water partition coefficient (Wildman–Crippen LogP) is 0.505. The van der Waals surface area contributed by atoms with Crippen molar-refractivity contribution >= 4 is 5.91 Å². The van der Waals surface area contributed by atoms with Crippen molar-refractivity contribution in [3.8, 4) is 12.3 Å². The Balaban J connectivity index is 3.92. The van der Waals surface area contributed by atoms with E-state index in [1.54, 1.807) is 4.90 Å². The first-order valence-corrected chi connectivity index (χ1v) is 3.96. The number of rotatable bonds is 5. The monoisotopic (exact) mass is 169 g/mol. The van der Waals surface area contributed by atoms with Crippen LogP contribution < -0.4 is 0 Å². The lowest BCUT2D eigenvalue weighted by molar-refractivity contribution is -0.134. The summed E-state index contributed by atoms with van der Waals surface area (Å²) in [5, 5.41) is 0. The maximum atomic E-state index is 11.2. The molecule has 0 aliphatic carbocycles. The second-order valence-electron chi connectivity index (χ2n) is 2.45. The second-order valence-corrected chi connectivity index (χ2v) is 2.45. The summed E-state index contributed by atoms with van der Waals surface area (Å²) in [5.74, 6) is 2.40. The summed E-state index contributed by atoms with van der Waals surface area (Å²) < 4.78 is 4.72. The minimum absolute atomic E-state index is 0.0442. The van der Waals surface area contributed by atoms with Crippen LogP contribution in [-0.4, -0.2) is 37.6 Å². The Bertz CT molecular complexity index is 172. The number of terminal acetylenes is 1. The number of hydrogen-bond acceptors (Lipinski definition) is 2. The second kappa shape index (κ2) is 6.68. The molecule has 0 aromatic carbocycles. The van der Waals surface area contributed by atoms with Crippen LogP contribution in [0.25, 0.3) is 0 Å². The van der Waals surface area contributed by atoms with E-state index in [4.69, 9.17) is 11.2 Å². The van der Waals surface area contributed by atoms with E-state index in [1.165, 1.54) is 7.11 Å². The maximum absolute atomic E-state index is 11.2. The number of hydrogen-bond donors (Lipinski definition) is 0. The first-order valence-electron chi connectivity index (χ1n) is 3.96. The van der Waals surface area contributed by atoms with Crippen molar-refractivity contribution in [1.29, 1.82) is 0 Å². The largest absolute Gasteiger partial charge is 0.375 e. The number of amides is 1. The molecule has 0 N–H and O–H groups in total. The molecule has 0 heterocycles. The molecular weight excluding hydrogens is 154 g/mol. The van der Waals surface area contributed by atoms with Crippen molar-refractivity contribution in [2.24, 2.45) is 0 Å². The average Bonchev–Trinajstić information content (AvgIpc) is 2.04. The molecule has 3 heteroatoms. The SMILES string of the molecule is C#CCN(CCC)C(=O)COC. The van der Waals surface area contributed by atoms with E-state index >= 15 is 0 Å². The van der Waals surface area contributed by atoms with Gasteiger partial charge in [-0.05, 0) is 6.42 Å². The highest BCUT2D eigenvalue weighted by Crippen LogP contribution is 1.92. The minimum atomic E-state index is -0.0442. The molecule has 0 saturated heterocycles. The van der Waals surface area contributed by atoms with Gasteiger partial charge < -0.3 is 9.64 Å². The fourth-order valence-electron chi connectivity index (χ4n) is 0.887. The van der Waals surface area contributed by atoms with Gasteiger partial charge in [-0.3, -0.25) is 4.79 Å². The Morgan fingerprint density at radius 1 is 1.67 bits per heavy atom. The van der Waals surface area contributed by atoms with Crippen LogP contribution in [0.5, 0.6) is 0 Å². The zero-order valence-electron chi connectivity index (χ0n) is 7.67. The first kappa shape index (κ1) is 11.0. The van der Waals surface area contributed by atoms with E-state index in [1.807, 2.05) is 6.92 Å². The van der Waals surface area contributed by atoms with Gasteiger partial charge in [-0.1, -0.05) is 12.8 Å². The van der Waals surface area contributed by atoms with Crippen molar-refractivity contribution in [2.75, 3.05) is 26.8 Å². The lowest BCUT2D eigenvalue weighted by Crippen LogP contribution is -2.34. The van der Waals surface area contributed by atoms with Gasteiger partial charge in [0.1, 0.15) is 6.61 Å². The number of carbonyl (C=O) groups is 1. The molecule has 0 saturated carbocycles. The van der Waals surface area contributed by atoms with Gasteiger partial charge in [0.15, 0.2) is 0 Å². The number of nitrogens with zero attached hydrogens (tertiary/aromatic N) is 1. The molecule has 0 unspecified atom stereocenters. The Hall–Kier alpha value is -1.01. The molecule has 0 atom stereocenters. The molecule has 0 aliphatic heterocycles. The smallest absolute Gasteiger partial charge is 0.249 e. The quantitative estimate of drug-likeness (QED) is 0.561. The van der Waals surface area contributed by atoms with Crippen molar-refractivity contribution < 1.29 is 9.53 Å². The summed E-state index contributed by atoms with van der Waals surface area (Å²) in [4.78, 5) is 12.8. The fourth-order valence-corrected chi connectivity index (χ4v) is 0.887. The van der Waals surface area contributed by atoms with E-state index in [-0.39, 0.29) is 12.5 Å². The zero-order chi connectivity index (χ0) is 9.40. The van der Waals surface area contributed by atoms with Crippen LogP contribution in [0.3, 0.4) is 0 Å². The molecule has 0 aromatic rings. The average molecular weight is 169 g/mol. The van der Waals surface area contributed by atoms with E-state index in [2.05, 4.69) is 5.92 Å². The predicted molar refractivity (Wildman–Crippen MR) is 47.6 cm³/mol. The minimum Gasteiger partial charge on any atom is -0.375 e. The third-order valence-electron chi connectivity index (χ3n) is 1.40. The van der Waals surface area contributed by atoms with Gasteiger partial charge in [-0.2, -0.15) is 0 Å². The molecule has 0 rings (SSSR count). The molecule has 1 amide bonds. The van der Waals surface area contributed by atoms with Crippen LogP contribution in [0.4, 0.5) is 0 Å². The summed E-state index contributed by atoms with van der Waals surface area (Å²) in [7, 11) is 1.50. The molecule has 0 radical (unpaired) electrons. The highest BCUT2D eigenvalue weighted by Gasteiger charge is 2.09. The van der Waals surface area contributed by atoms with E-state index in [0.717, 1.165) is 6.42 Å². The van der Waals surface area contributed by atoms with Crippen molar-refractivity contribution in [1.82, 2.24) is 4.90 Å². The standard InChI is InChI=1S/C9H15NO2/c1-4-6-10(7-5-2)9(11)8-12-3/h1H,5-8H2,2-3H3. The summed E-state index contributed by atoms with van der Waals surface area (Å²) in [5.41, 5.74) is 0. The van der Waals surface area contributed by atoms with E-state index in [9.17, 15) is 4.79 Å². The van der Waals surface area contributed by atoms with Gasteiger partial charge in [-0.25, -0.2) is 0 Å². The molecule has 0 spiro atoms. The van der Waals surface area contributed by atoms with Crippen LogP contribution in [0.15, 0.2) is 0 Å². The van der Waals surface area contributed by atoms with Gasteiger partial charge >= 0.3 is 0 Å². The van der Waals surface area contributed by atoms with Crippen LogP contribution in [0, 0.1) is 12.3 Å². The number of methoxy groups -OCH3 is 1. The maximum Gasteiger partial charge on any atom is 0.249 e. The summed E-state index contributed by atoms with van der Waals surface area (Å²) in [6.45, 7) is 3.19. The zero-order valence-corrected chi connectivity index (χ0v) is 7.67. The van der Waals surface area contributed by atoms with E-state index < -0.39 is 0 Å². The molecule has 68 valence electrons. The van der Waals surface area contributed by atoms with Gasteiger partial charge in [0.05, 0.1) is 6.54 Å². The van der Waals surface area contributed by atoms with Crippen LogP contribution in [0.2, 0.25) is 0 Å². The Morgan fingerprint density at radius 2 is 2.33 bits per heavy atom. The Morgan fingerprint density at radius 3 is 2.75 bits per heavy atom. The van der Waals surface area contributed by atoms with Crippen LogP contribution >= 0.6 is 0 Å². The van der Waals surface area contributed by atoms with Gasteiger partial charge in [0.25, 0.3) is 0 Å². The van der Waals surface area contributed by atoms with Gasteiger partial charge in [0.2, 0.25) is 5.91 Å². The molecule has 0 fully saturated rings. The lowest BCUT2D eigenvalue weighted by Gasteiger charge is -2.18. The Labute approximate surface area is 73.7 Å². The topological polar surface area (TPSA) is 29.5 Å². The van der Waals surface area contributed by atoms with E-state index in [0.29, 0.717) is 13.1 Å². The highest BCUT2D eigenvalue weighted by atomic mass is 16.5. The summed E-state index contributed by atoms with van der Waals surface area (Å²) in [6, 6.07) is 0. The molecule has 12 heavy (non-hydrogen) atoms. The van der Waals surface area contributed by atoms with Crippen LogP contribution in [-0.2, 0) is 9.53 Å². The van der Waals surface area contributed by atoms with Crippen molar-refractivity contribution in [2.45, 2.75) is 13.3 Å². The van der Waals surface area contributed by atoms with Crippen LogP contribution in [0.1, 0.15) is 13.3 Å². The van der Waals surface area contributed by atoms with Gasteiger partial charge in [-0.15, -0.1) is 6.42 Å². The molecule has 0 aromatic heterocycles. The molecule has 0 aliphatic rings. The first-order chi connectivity index (χ1) is 5.76. The third kappa shape index (κ3) is 3.99. The molecular formula is C9H15NO2. The molecule has 3 nitrogen and oxygen atoms in total.